The normalized spacial score (nSPS) is 15.3. The van der Waals surface area contributed by atoms with E-state index < -0.39 is 0 Å². The Morgan fingerprint density at radius 2 is 2.29 bits per heavy atom. The second-order valence-corrected chi connectivity index (χ2v) is 3.60. The molecule has 0 saturated heterocycles. The van der Waals surface area contributed by atoms with E-state index in [0.29, 0.717) is 12.6 Å². The van der Waals surface area contributed by atoms with Crippen LogP contribution in [0.25, 0.3) is 0 Å². The molecule has 0 aromatic heterocycles. The van der Waals surface area contributed by atoms with Gasteiger partial charge in [0, 0.05) is 13.6 Å². The molecule has 0 radical (unpaired) electrons. The smallest absolute Gasteiger partial charge is 0.143 e. The maximum Gasteiger partial charge on any atom is 0.143 e. The van der Waals surface area contributed by atoms with Crippen molar-refractivity contribution < 1.29 is 4.74 Å². The van der Waals surface area contributed by atoms with E-state index in [9.17, 15) is 0 Å². The Bertz CT molecular complexity index is 321. The van der Waals surface area contributed by atoms with E-state index in [-0.39, 0.29) is 0 Å². The predicted octanol–water partition coefficient (Wildman–Crippen LogP) is 1.73. The molecule has 0 bridgehead atoms. The van der Waals surface area contributed by atoms with Crippen molar-refractivity contribution in [1.82, 2.24) is 0 Å². The first kappa shape index (κ1) is 9.34. The van der Waals surface area contributed by atoms with Crippen molar-refractivity contribution in [3.63, 3.8) is 0 Å². The zero-order chi connectivity index (χ0) is 9.97. The number of anilines is 1. The van der Waals surface area contributed by atoms with Crippen LogP contribution in [0.2, 0.25) is 0 Å². The summed E-state index contributed by atoms with van der Waals surface area (Å²) in [5.74, 6) is 0.929. The summed E-state index contributed by atoms with van der Waals surface area (Å²) >= 11 is 0. The van der Waals surface area contributed by atoms with Gasteiger partial charge < -0.3 is 15.8 Å². The van der Waals surface area contributed by atoms with Gasteiger partial charge in [0.15, 0.2) is 0 Å². The molecule has 3 nitrogen and oxygen atoms in total. The van der Waals surface area contributed by atoms with E-state index in [0.717, 1.165) is 17.0 Å². The first-order valence-electron chi connectivity index (χ1n) is 5.01. The third-order valence-electron chi connectivity index (χ3n) is 2.37. The van der Waals surface area contributed by atoms with E-state index >= 15 is 0 Å². The van der Waals surface area contributed by atoms with Crippen LogP contribution in [-0.2, 0) is 6.54 Å². The third kappa shape index (κ3) is 1.99. The summed E-state index contributed by atoms with van der Waals surface area (Å²) in [4.78, 5) is 0. The zero-order valence-electron chi connectivity index (χ0n) is 8.42. The topological polar surface area (TPSA) is 47.3 Å². The Hall–Kier alpha value is -1.22. The summed E-state index contributed by atoms with van der Waals surface area (Å²) in [5.41, 5.74) is 7.73. The monoisotopic (exact) mass is 192 g/mol. The van der Waals surface area contributed by atoms with Gasteiger partial charge in [-0.2, -0.15) is 0 Å². The van der Waals surface area contributed by atoms with Gasteiger partial charge in [-0.25, -0.2) is 0 Å². The Balaban J connectivity index is 2.21. The van der Waals surface area contributed by atoms with Crippen LogP contribution in [0.15, 0.2) is 18.2 Å². The summed E-state index contributed by atoms with van der Waals surface area (Å²) < 4.78 is 5.77. The van der Waals surface area contributed by atoms with Crippen molar-refractivity contribution in [2.24, 2.45) is 5.73 Å². The lowest BCUT2D eigenvalue weighted by Gasteiger charge is -2.11. The van der Waals surface area contributed by atoms with Gasteiger partial charge >= 0.3 is 0 Å². The molecule has 3 N–H and O–H groups in total. The molecule has 1 saturated carbocycles. The highest BCUT2D eigenvalue weighted by atomic mass is 16.5. The average molecular weight is 192 g/mol. The van der Waals surface area contributed by atoms with Crippen molar-refractivity contribution in [1.29, 1.82) is 0 Å². The van der Waals surface area contributed by atoms with Crippen molar-refractivity contribution >= 4 is 5.69 Å². The fourth-order valence-corrected chi connectivity index (χ4v) is 1.36. The summed E-state index contributed by atoms with van der Waals surface area (Å²) in [6.07, 6.45) is 2.78. The summed E-state index contributed by atoms with van der Waals surface area (Å²) in [5, 5.41) is 3.11. The number of nitrogens with two attached hydrogens (primary N) is 1. The predicted molar refractivity (Wildman–Crippen MR) is 57.5 cm³/mol. The second-order valence-electron chi connectivity index (χ2n) is 3.60. The molecule has 0 unspecified atom stereocenters. The van der Waals surface area contributed by atoms with Gasteiger partial charge in [0.2, 0.25) is 0 Å². The lowest BCUT2D eigenvalue weighted by Crippen LogP contribution is -2.03. The highest BCUT2D eigenvalue weighted by Crippen LogP contribution is 2.32. The Labute approximate surface area is 84.3 Å². The van der Waals surface area contributed by atoms with Crippen molar-refractivity contribution in [3.8, 4) is 5.75 Å². The number of nitrogens with one attached hydrogen (secondary N) is 1. The number of hydrogen-bond acceptors (Lipinski definition) is 3. The van der Waals surface area contributed by atoms with Crippen LogP contribution in [0.1, 0.15) is 18.4 Å². The van der Waals surface area contributed by atoms with E-state index in [1.54, 1.807) is 0 Å². The number of hydrogen-bond donors (Lipinski definition) is 2. The average Bonchev–Trinajstić information content (AvgIpc) is 3.01. The molecule has 1 aromatic rings. The van der Waals surface area contributed by atoms with Gasteiger partial charge in [0.1, 0.15) is 5.75 Å². The molecule has 0 aliphatic heterocycles. The molecule has 1 aromatic carbocycles. The molecule has 0 spiro atoms. The van der Waals surface area contributed by atoms with Gasteiger partial charge in [0.05, 0.1) is 11.8 Å². The van der Waals surface area contributed by atoms with Gasteiger partial charge in [-0.05, 0) is 30.5 Å². The Morgan fingerprint density at radius 3 is 2.86 bits per heavy atom. The molecule has 1 fully saturated rings. The minimum atomic E-state index is 0.426. The molecule has 76 valence electrons. The summed E-state index contributed by atoms with van der Waals surface area (Å²) in [6.45, 7) is 0.561. The van der Waals surface area contributed by atoms with Gasteiger partial charge in [-0.1, -0.05) is 6.07 Å². The van der Waals surface area contributed by atoms with Gasteiger partial charge in [0.25, 0.3) is 0 Å². The third-order valence-corrected chi connectivity index (χ3v) is 2.37. The molecular formula is C11H16N2O. The quantitative estimate of drug-likeness (QED) is 0.763. The molecule has 1 aliphatic rings. The fourth-order valence-electron chi connectivity index (χ4n) is 1.36. The van der Waals surface area contributed by atoms with Gasteiger partial charge in [-0.3, -0.25) is 0 Å². The highest BCUT2D eigenvalue weighted by Gasteiger charge is 2.24. The van der Waals surface area contributed by atoms with E-state index in [2.05, 4.69) is 5.32 Å². The number of ether oxygens (including phenoxy) is 1. The second kappa shape index (κ2) is 3.88. The molecule has 0 atom stereocenters. The maximum absolute atomic E-state index is 5.77. The summed E-state index contributed by atoms with van der Waals surface area (Å²) in [6, 6.07) is 6.05. The molecule has 2 rings (SSSR count). The Morgan fingerprint density at radius 1 is 1.50 bits per heavy atom. The molecule has 1 aliphatic carbocycles. The standard InChI is InChI=1S/C11H16N2O/c1-13-10-5-2-8(7-12)6-11(10)14-9-3-4-9/h2,5-6,9,13H,3-4,7,12H2,1H3. The minimum absolute atomic E-state index is 0.426. The lowest BCUT2D eigenvalue weighted by atomic mass is 10.2. The number of rotatable bonds is 4. The van der Waals surface area contributed by atoms with Crippen molar-refractivity contribution in [3.05, 3.63) is 23.8 Å². The summed E-state index contributed by atoms with van der Waals surface area (Å²) in [7, 11) is 1.90. The van der Waals surface area contributed by atoms with Crippen molar-refractivity contribution in [2.45, 2.75) is 25.5 Å². The first-order valence-corrected chi connectivity index (χ1v) is 5.01. The first-order chi connectivity index (χ1) is 6.83. The van der Waals surface area contributed by atoms with Crippen LogP contribution in [0.5, 0.6) is 5.75 Å². The van der Waals surface area contributed by atoms with Crippen LogP contribution in [0.3, 0.4) is 0 Å². The van der Waals surface area contributed by atoms with Crippen LogP contribution in [-0.4, -0.2) is 13.2 Å². The van der Waals surface area contributed by atoms with Crippen molar-refractivity contribution in [2.75, 3.05) is 12.4 Å². The van der Waals surface area contributed by atoms with E-state index in [1.807, 2.05) is 25.2 Å². The zero-order valence-corrected chi connectivity index (χ0v) is 8.42. The molecule has 14 heavy (non-hydrogen) atoms. The van der Waals surface area contributed by atoms with Crippen LogP contribution >= 0.6 is 0 Å². The molecule has 3 heteroatoms. The molecular weight excluding hydrogens is 176 g/mol. The van der Waals surface area contributed by atoms with E-state index in [4.69, 9.17) is 10.5 Å². The molecule has 0 amide bonds. The number of benzene rings is 1. The van der Waals surface area contributed by atoms with Crippen LogP contribution < -0.4 is 15.8 Å². The fraction of sp³-hybridized carbons (Fsp3) is 0.455. The minimum Gasteiger partial charge on any atom is -0.488 e. The van der Waals surface area contributed by atoms with Gasteiger partial charge in [-0.15, -0.1) is 0 Å². The Kier molecular flexibility index (Phi) is 2.59. The molecule has 0 heterocycles. The van der Waals surface area contributed by atoms with E-state index in [1.165, 1.54) is 12.8 Å². The highest BCUT2D eigenvalue weighted by molar-refractivity contribution is 5.57. The van der Waals surface area contributed by atoms with Crippen LogP contribution in [0.4, 0.5) is 5.69 Å². The van der Waals surface area contributed by atoms with Crippen LogP contribution in [0, 0.1) is 0 Å². The maximum atomic E-state index is 5.77. The SMILES string of the molecule is CNc1ccc(CN)cc1OC1CC1. The largest absolute Gasteiger partial charge is 0.488 e. The lowest BCUT2D eigenvalue weighted by molar-refractivity contribution is 0.304.